The van der Waals surface area contributed by atoms with Gasteiger partial charge in [0.1, 0.15) is 6.61 Å². The molecule has 74 valence electrons. The third-order valence-corrected chi connectivity index (χ3v) is 2.25. The van der Waals surface area contributed by atoms with Gasteiger partial charge >= 0.3 is 5.97 Å². The molecule has 1 aliphatic rings. The molecule has 0 saturated carbocycles. The number of hydrogen-bond acceptors (Lipinski definition) is 4. The summed E-state index contributed by atoms with van der Waals surface area (Å²) in [5.74, 6) is 0.226. The molecule has 4 nitrogen and oxygen atoms in total. The van der Waals surface area contributed by atoms with E-state index in [1.165, 1.54) is 13.2 Å². The van der Waals surface area contributed by atoms with Gasteiger partial charge in [0.05, 0.1) is 13.5 Å². The number of aromatic hydroxyl groups is 1. The highest BCUT2D eigenvalue weighted by molar-refractivity contribution is 5.75. The Labute approximate surface area is 81.1 Å². The van der Waals surface area contributed by atoms with Crippen LogP contribution in [0.15, 0.2) is 12.1 Å². The number of phenolic OH excluding ortho intramolecular Hbond substituents is 1. The molecule has 0 radical (unpaired) electrons. The van der Waals surface area contributed by atoms with E-state index in [0.29, 0.717) is 5.75 Å². The Balaban J connectivity index is 2.52. The van der Waals surface area contributed by atoms with Gasteiger partial charge in [-0.05, 0) is 11.6 Å². The Morgan fingerprint density at radius 2 is 2.29 bits per heavy atom. The van der Waals surface area contributed by atoms with Crippen LogP contribution in [0.1, 0.15) is 11.1 Å². The second kappa shape index (κ2) is 3.21. The summed E-state index contributed by atoms with van der Waals surface area (Å²) >= 11 is 0. The monoisotopic (exact) mass is 194 g/mol. The van der Waals surface area contributed by atoms with Crippen molar-refractivity contribution in [2.75, 3.05) is 7.11 Å². The summed E-state index contributed by atoms with van der Waals surface area (Å²) in [6, 6.07) is 3.24. The Morgan fingerprint density at radius 3 is 3.00 bits per heavy atom. The lowest BCUT2D eigenvalue weighted by Gasteiger charge is -2.19. The van der Waals surface area contributed by atoms with Crippen molar-refractivity contribution in [2.45, 2.75) is 13.0 Å². The lowest BCUT2D eigenvalue weighted by Crippen LogP contribution is -2.16. The van der Waals surface area contributed by atoms with E-state index >= 15 is 0 Å². The highest BCUT2D eigenvalue weighted by atomic mass is 16.5. The van der Waals surface area contributed by atoms with E-state index in [0.717, 1.165) is 11.1 Å². The molecular formula is C10H10O4. The predicted octanol–water partition coefficient (Wildman–Crippen LogP) is 1.00. The van der Waals surface area contributed by atoms with E-state index in [1.807, 2.05) is 0 Å². The number of fused-ring (bicyclic) bond motifs is 1. The zero-order valence-corrected chi connectivity index (χ0v) is 7.74. The molecule has 0 atom stereocenters. The van der Waals surface area contributed by atoms with Crippen LogP contribution in [0.4, 0.5) is 0 Å². The first-order valence-electron chi connectivity index (χ1n) is 4.25. The number of hydrogen-bond donors (Lipinski definition) is 1. The third kappa shape index (κ3) is 1.28. The Kier molecular flexibility index (Phi) is 2.04. The summed E-state index contributed by atoms with van der Waals surface area (Å²) in [5.41, 5.74) is 1.61. The van der Waals surface area contributed by atoms with Crippen LogP contribution in [0, 0.1) is 0 Å². The molecule has 14 heavy (non-hydrogen) atoms. The quantitative estimate of drug-likeness (QED) is 0.677. The summed E-state index contributed by atoms with van der Waals surface area (Å²) in [6.07, 6.45) is 0.242. The predicted molar refractivity (Wildman–Crippen MR) is 48.2 cm³/mol. The maximum absolute atomic E-state index is 11.0. The van der Waals surface area contributed by atoms with E-state index in [-0.39, 0.29) is 24.7 Å². The summed E-state index contributed by atoms with van der Waals surface area (Å²) < 4.78 is 9.91. The zero-order valence-electron chi connectivity index (χ0n) is 7.74. The SMILES string of the molecule is COc1c(O)ccc2c1COC(=O)C2. The van der Waals surface area contributed by atoms with Crippen molar-refractivity contribution >= 4 is 5.97 Å². The highest BCUT2D eigenvalue weighted by Gasteiger charge is 2.21. The van der Waals surface area contributed by atoms with Crippen LogP contribution < -0.4 is 4.74 Å². The number of esters is 1. The number of benzene rings is 1. The number of phenols is 1. The molecule has 0 saturated heterocycles. The first-order chi connectivity index (χ1) is 6.72. The first kappa shape index (κ1) is 8.87. The van der Waals surface area contributed by atoms with E-state index in [4.69, 9.17) is 9.47 Å². The van der Waals surface area contributed by atoms with Gasteiger partial charge in [-0.25, -0.2) is 0 Å². The standard InChI is InChI=1S/C10H10O4/c1-13-10-7-5-14-9(12)4-6(7)2-3-8(10)11/h2-3,11H,4-5H2,1H3. The number of carbonyl (C=O) groups is 1. The average Bonchev–Trinajstić information content (AvgIpc) is 2.18. The van der Waals surface area contributed by atoms with E-state index in [2.05, 4.69) is 0 Å². The molecule has 1 N–H and O–H groups in total. The third-order valence-electron chi connectivity index (χ3n) is 2.25. The molecule has 4 heteroatoms. The number of rotatable bonds is 1. The molecule has 0 amide bonds. The van der Waals surface area contributed by atoms with Crippen LogP contribution in [-0.2, 0) is 22.6 Å². The van der Waals surface area contributed by atoms with Crippen molar-refractivity contribution in [3.63, 3.8) is 0 Å². The Morgan fingerprint density at radius 1 is 1.50 bits per heavy atom. The van der Waals surface area contributed by atoms with E-state index in [9.17, 15) is 9.90 Å². The van der Waals surface area contributed by atoms with Crippen molar-refractivity contribution in [1.29, 1.82) is 0 Å². The molecule has 0 aromatic heterocycles. The second-order valence-corrected chi connectivity index (χ2v) is 3.09. The Bertz CT molecular complexity index is 384. The smallest absolute Gasteiger partial charge is 0.310 e. The molecule has 1 aliphatic heterocycles. The normalized spacial score (nSPS) is 14.5. The van der Waals surface area contributed by atoms with Gasteiger partial charge in [0.25, 0.3) is 0 Å². The molecule has 1 heterocycles. The number of methoxy groups -OCH3 is 1. The van der Waals surface area contributed by atoms with Gasteiger partial charge < -0.3 is 14.6 Å². The molecule has 2 rings (SSSR count). The number of cyclic esters (lactones) is 1. The minimum atomic E-state index is -0.245. The summed E-state index contributed by atoms with van der Waals surface area (Å²) in [5, 5.41) is 9.47. The lowest BCUT2D eigenvalue weighted by atomic mass is 10.0. The van der Waals surface area contributed by atoms with Gasteiger partial charge in [0, 0.05) is 5.56 Å². The molecule has 1 aromatic rings. The van der Waals surface area contributed by atoms with Crippen LogP contribution in [0.2, 0.25) is 0 Å². The van der Waals surface area contributed by atoms with Gasteiger partial charge in [-0.3, -0.25) is 4.79 Å². The molecule has 0 spiro atoms. The van der Waals surface area contributed by atoms with Crippen LogP contribution in [0.25, 0.3) is 0 Å². The van der Waals surface area contributed by atoms with Crippen LogP contribution in [0.5, 0.6) is 11.5 Å². The molecule has 0 unspecified atom stereocenters. The minimum absolute atomic E-state index is 0.0733. The highest BCUT2D eigenvalue weighted by Crippen LogP contribution is 2.35. The van der Waals surface area contributed by atoms with Crippen LogP contribution in [0.3, 0.4) is 0 Å². The zero-order chi connectivity index (χ0) is 10.1. The van der Waals surface area contributed by atoms with E-state index in [1.54, 1.807) is 6.07 Å². The van der Waals surface area contributed by atoms with Gasteiger partial charge in [0.15, 0.2) is 11.5 Å². The van der Waals surface area contributed by atoms with Crippen LogP contribution in [-0.4, -0.2) is 18.2 Å². The fourth-order valence-electron chi connectivity index (χ4n) is 1.57. The fraction of sp³-hybridized carbons (Fsp3) is 0.300. The lowest BCUT2D eigenvalue weighted by molar-refractivity contribution is -0.145. The van der Waals surface area contributed by atoms with Crippen molar-refractivity contribution in [3.05, 3.63) is 23.3 Å². The van der Waals surface area contributed by atoms with Crippen LogP contribution >= 0.6 is 0 Å². The van der Waals surface area contributed by atoms with Gasteiger partial charge in [-0.2, -0.15) is 0 Å². The van der Waals surface area contributed by atoms with Crippen molar-refractivity contribution in [3.8, 4) is 11.5 Å². The molecule has 0 bridgehead atoms. The van der Waals surface area contributed by atoms with Gasteiger partial charge in [-0.15, -0.1) is 0 Å². The average molecular weight is 194 g/mol. The molecule has 0 fully saturated rings. The Hall–Kier alpha value is -1.71. The fourth-order valence-corrected chi connectivity index (χ4v) is 1.57. The van der Waals surface area contributed by atoms with Crippen molar-refractivity contribution in [2.24, 2.45) is 0 Å². The van der Waals surface area contributed by atoms with Gasteiger partial charge in [-0.1, -0.05) is 6.07 Å². The minimum Gasteiger partial charge on any atom is -0.504 e. The maximum Gasteiger partial charge on any atom is 0.310 e. The van der Waals surface area contributed by atoms with Crippen molar-refractivity contribution in [1.82, 2.24) is 0 Å². The maximum atomic E-state index is 11.0. The molecular weight excluding hydrogens is 184 g/mol. The molecule has 1 aromatic carbocycles. The largest absolute Gasteiger partial charge is 0.504 e. The van der Waals surface area contributed by atoms with Gasteiger partial charge in [0.2, 0.25) is 0 Å². The molecule has 0 aliphatic carbocycles. The summed E-state index contributed by atoms with van der Waals surface area (Å²) in [6.45, 7) is 0.172. The second-order valence-electron chi connectivity index (χ2n) is 3.09. The summed E-state index contributed by atoms with van der Waals surface area (Å²) in [4.78, 5) is 11.0. The first-order valence-corrected chi connectivity index (χ1v) is 4.25. The van der Waals surface area contributed by atoms with E-state index < -0.39 is 0 Å². The van der Waals surface area contributed by atoms with Crippen molar-refractivity contribution < 1.29 is 19.4 Å². The topological polar surface area (TPSA) is 55.8 Å². The number of ether oxygens (including phenoxy) is 2. The number of carbonyl (C=O) groups excluding carboxylic acids is 1. The summed E-state index contributed by atoms with van der Waals surface area (Å²) in [7, 11) is 1.48.